The van der Waals surface area contributed by atoms with Gasteiger partial charge in [-0.1, -0.05) is 43.2 Å². The van der Waals surface area contributed by atoms with E-state index in [9.17, 15) is 5.26 Å². The van der Waals surface area contributed by atoms with Crippen molar-refractivity contribution in [3.63, 3.8) is 0 Å². The third-order valence-corrected chi connectivity index (χ3v) is 11.4. The molecule has 9 rings (SSSR count). The van der Waals surface area contributed by atoms with Gasteiger partial charge in [-0.3, -0.25) is 14.1 Å². The van der Waals surface area contributed by atoms with Gasteiger partial charge in [0.15, 0.2) is 0 Å². The topological polar surface area (TPSA) is 141 Å². The fraction of sp³-hybridized carbons (Fsp3) is 0.378. The molecule has 3 aliphatic rings. The van der Waals surface area contributed by atoms with E-state index in [4.69, 9.17) is 39.2 Å². The number of fused-ring (bicyclic) bond motifs is 8. The lowest BCUT2D eigenvalue weighted by atomic mass is 9.96. The van der Waals surface area contributed by atoms with Gasteiger partial charge in [-0.15, -0.1) is 0 Å². The van der Waals surface area contributed by atoms with Crippen molar-refractivity contribution in [2.75, 3.05) is 44.8 Å². The van der Waals surface area contributed by atoms with E-state index in [0.29, 0.717) is 62.8 Å². The van der Waals surface area contributed by atoms with E-state index < -0.39 is 0 Å². The van der Waals surface area contributed by atoms with Crippen LogP contribution in [0, 0.1) is 17.2 Å². The van der Waals surface area contributed by atoms with Crippen LogP contribution in [0.25, 0.3) is 39.4 Å². The lowest BCUT2D eigenvalue weighted by molar-refractivity contribution is 0.138. The Morgan fingerprint density at radius 3 is 2.64 bits per heavy atom. The average Bonchev–Trinajstić information content (AvgIpc) is 4.10. The Balaban J connectivity index is 1.07. The smallest absolute Gasteiger partial charge is 0.229 e. The zero-order chi connectivity index (χ0) is 39.1. The van der Waals surface area contributed by atoms with Gasteiger partial charge in [0.2, 0.25) is 5.95 Å². The van der Waals surface area contributed by atoms with Crippen LogP contribution in [0.3, 0.4) is 0 Å². The number of nitriles is 1. The summed E-state index contributed by atoms with van der Waals surface area (Å²) < 4.78 is 22.4. The van der Waals surface area contributed by atoms with Gasteiger partial charge in [0.05, 0.1) is 62.5 Å². The number of nitrogens with one attached hydrogen (secondary N) is 1. The molecule has 0 amide bonds. The summed E-state index contributed by atoms with van der Waals surface area (Å²) in [7, 11) is 0. The van der Waals surface area contributed by atoms with Crippen molar-refractivity contribution < 1.29 is 14.2 Å². The summed E-state index contributed by atoms with van der Waals surface area (Å²) in [6.07, 6.45) is 19.0. The van der Waals surface area contributed by atoms with E-state index in [2.05, 4.69) is 40.6 Å². The second-order valence-corrected chi connectivity index (χ2v) is 15.3. The molecule has 0 unspecified atom stereocenters. The summed E-state index contributed by atoms with van der Waals surface area (Å²) in [5, 5.41) is 18.8. The minimum atomic E-state index is 0.0549. The highest BCUT2D eigenvalue weighted by molar-refractivity contribution is 5.91. The number of anilines is 2. The van der Waals surface area contributed by atoms with Crippen LogP contribution in [-0.2, 0) is 22.7 Å². The molecule has 4 aromatic heterocycles. The molecule has 6 aromatic rings. The molecule has 1 aliphatic carbocycles. The van der Waals surface area contributed by atoms with Crippen LogP contribution >= 0.6 is 0 Å². The molecule has 1 saturated heterocycles. The zero-order valence-corrected chi connectivity index (χ0v) is 32.7. The Kier molecular flexibility index (Phi) is 11.5. The molecule has 1 N–H and O–H groups in total. The van der Waals surface area contributed by atoms with Gasteiger partial charge in [-0.2, -0.15) is 15.3 Å². The second kappa shape index (κ2) is 17.7. The zero-order valence-electron chi connectivity index (χ0n) is 32.7. The number of nitrogens with zero attached hydrogens (tertiary/aromatic N) is 9. The van der Waals surface area contributed by atoms with Crippen molar-refractivity contribution in [2.24, 2.45) is 5.92 Å². The minimum Gasteiger partial charge on any atom is -0.492 e. The molecule has 2 fully saturated rings. The van der Waals surface area contributed by atoms with Gasteiger partial charge >= 0.3 is 0 Å². The second-order valence-electron chi connectivity index (χ2n) is 15.3. The molecule has 1 atom stereocenters. The molecule has 2 aromatic carbocycles. The SMILES string of the molecule is N#CC[C@H](C1CCCC1)n1cc(-c2ncnc3c2ccn3-c2cc3nc(n2)Nc2ccc(OCCN4CCCC4)c(c2)COC/C=C/COCc2cccc-3c2)cn1. The predicted octanol–water partition coefficient (Wildman–Crippen LogP) is 8.21. The lowest BCUT2D eigenvalue weighted by Crippen LogP contribution is -2.25. The molecule has 13 nitrogen and oxygen atoms in total. The third-order valence-electron chi connectivity index (χ3n) is 11.4. The van der Waals surface area contributed by atoms with Crippen molar-refractivity contribution >= 4 is 22.7 Å². The van der Waals surface area contributed by atoms with Crippen molar-refractivity contribution in [2.45, 2.75) is 64.2 Å². The number of aromatic nitrogens is 7. The highest BCUT2D eigenvalue weighted by Gasteiger charge is 2.27. The quantitative estimate of drug-likeness (QED) is 0.142. The van der Waals surface area contributed by atoms with Crippen molar-refractivity contribution in [1.82, 2.24) is 39.2 Å². The van der Waals surface area contributed by atoms with Crippen LogP contribution in [-0.4, -0.2) is 78.6 Å². The molecule has 1 saturated carbocycles. The molecule has 13 heteroatoms. The van der Waals surface area contributed by atoms with Crippen LogP contribution in [0.5, 0.6) is 5.75 Å². The number of rotatable bonds is 9. The van der Waals surface area contributed by atoms with Crippen LogP contribution in [0.4, 0.5) is 11.6 Å². The highest BCUT2D eigenvalue weighted by atomic mass is 16.5. The van der Waals surface area contributed by atoms with Crippen LogP contribution in [0.2, 0.25) is 0 Å². The summed E-state index contributed by atoms with van der Waals surface area (Å²) in [4.78, 5) is 22.0. The van der Waals surface area contributed by atoms with Gasteiger partial charge < -0.3 is 19.5 Å². The monoisotopic (exact) mass is 776 g/mol. The Bertz CT molecular complexity index is 2420. The maximum Gasteiger partial charge on any atom is 0.229 e. The van der Waals surface area contributed by atoms with E-state index in [1.165, 1.54) is 25.7 Å². The summed E-state index contributed by atoms with van der Waals surface area (Å²) >= 11 is 0. The molecule has 6 heterocycles. The number of benzene rings is 2. The van der Waals surface area contributed by atoms with Gasteiger partial charge in [0, 0.05) is 52.8 Å². The first kappa shape index (κ1) is 37.6. The standard InChI is InChI=1S/C45H48N10O3/c46-16-14-40(33-9-1-2-10-33)55-28-36(27-49-55)43-38-15-19-54(44(38)48-31-47-43)42-26-39-34-11-7-8-32(24-34)29-56-21-5-6-22-57-30-35-25-37(50-45(51-39)52-42)12-13-41(35)58-23-20-53-17-3-4-18-53/h5-8,11-13,15,19,24-28,31,33,40H,1-4,9-10,14,17-18,20-23,29-30H2,(H,50,51,52)/b6-5+/t40-/m1/s1. The van der Waals surface area contributed by atoms with Gasteiger partial charge in [0.1, 0.15) is 30.1 Å². The molecule has 2 aliphatic heterocycles. The van der Waals surface area contributed by atoms with E-state index in [1.54, 1.807) is 6.33 Å². The lowest BCUT2D eigenvalue weighted by Gasteiger charge is -2.21. The van der Waals surface area contributed by atoms with Gasteiger partial charge in [-0.25, -0.2) is 15.0 Å². The number of likely N-dealkylation sites (tertiary alicyclic amines) is 1. The van der Waals surface area contributed by atoms with Gasteiger partial charge in [0.25, 0.3) is 0 Å². The van der Waals surface area contributed by atoms with E-state index >= 15 is 0 Å². The van der Waals surface area contributed by atoms with E-state index in [1.807, 2.05) is 70.3 Å². The Morgan fingerprint density at radius 2 is 1.78 bits per heavy atom. The maximum atomic E-state index is 9.64. The Labute approximate surface area is 338 Å². The number of hydrogen-bond donors (Lipinski definition) is 1. The van der Waals surface area contributed by atoms with E-state index in [0.717, 1.165) is 82.9 Å². The first-order valence-corrected chi connectivity index (χ1v) is 20.5. The molecule has 6 bridgehead atoms. The minimum absolute atomic E-state index is 0.0549. The summed E-state index contributed by atoms with van der Waals surface area (Å²) in [5.41, 5.74) is 6.84. The first-order valence-electron chi connectivity index (χ1n) is 20.5. The first-order chi connectivity index (χ1) is 28.7. The average molecular weight is 777 g/mol. The molecular formula is C45H48N10O3. The number of hydrogen-bond acceptors (Lipinski definition) is 11. The summed E-state index contributed by atoms with van der Waals surface area (Å²) in [5.74, 6) is 2.34. The molecule has 0 spiro atoms. The Morgan fingerprint density at radius 1 is 0.914 bits per heavy atom. The molecule has 296 valence electrons. The van der Waals surface area contributed by atoms with Crippen LogP contribution < -0.4 is 10.1 Å². The fourth-order valence-corrected chi connectivity index (χ4v) is 8.45. The Hall–Kier alpha value is -5.94. The fourth-order valence-electron chi connectivity index (χ4n) is 8.45. The maximum absolute atomic E-state index is 9.64. The molecule has 0 radical (unpaired) electrons. The van der Waals surface area contributed by atoms with Gasteiger partial charge in [-0.05, 0) is 80.6 Å². The van der Waals surface area contributed by atoms with E-state index in [-0.39, 0.29) is 6.04 Å². The highest BCUT2D eigenvalue weighted by Crippen LogP contribution is 2.37. The largest absolute Gasteiger partial charge is 0.492 e. The predicted molar refractivity (Wildman–Crippen MR) is 222 cm³/mol. The number of ether oxygens (including phenoxy) is 3. The third kappa shape index (κ3) is 8.50. The normalized spacial score (nSPS) is 17.6. The summed E-state index contributed by atoms with van der Waals surface area (Å²) in [6, 6.07) is 20.7. The van der Waals surface area contributed by atoms with Crippen LogP contribution in [0.1, 0.15) is 62.1 Å². The van der Waals surface area contributed by atoms with Crippen molar-refractivity contribution in [1.29, 1.82) is 5.26 Å². The summed E-state index contributed by atoms with van der Waals surface area (Å²) in [6.45, 7) is 5.56. The molecular weight excluding hydrogens is 729 g/mol. The van der Waals surface area contributed by atoms with Crippen molar-refractivity contribution in [3.8, 4) is 40.2 Å². The van der Waals surface area contributed by atoms with Crippen molar-refractivity contribution in [3.05, 3.63) is 103 Å². The molecule has 58 heavy (non-hydrogen) atoms. The van der Waals surface area contributed by atoms with Crippen LogP contribution in [0.15, 0.2) is 91.7 Å².